The van der Waals surface area contributed by atoms with Crippen molar-refractivity contribution in [1.29, 1.82) is 0 Å². The highest BCUT2D eigenvalue weighted by atomic mass is 127. The van der Waals surface area contributed by atoms with E-state index in [4.69, 9.17) is 0 Å². The van der Waals surface area contributed by atoms with Crippen molar-refractivity contribution in [2.45, 2.75) is 6.42 Å². The van der Waals surface area contributed by atoms with E-state index in [1.54, 1.807) is 0 Å². The first kappa shape index (κ1) is 12.0. The number of nitrogens with one attached hydrogen (secondary N) is 1. The Labute approximate surface area is 106 Å². The van der Waals surface area contributed by atoms with Crippen molar-refractivity contribution in [3.63, 3.8) is 0 Å². The minimum absolute atomic E-state index is 0.0870. The van der Waals surface area contributed by atoms with Gasteiger partial charge in [0, 0.05) is 15.4 Å². The van der Waals surface area contributed by atoms with Crippen LogP contribution in [-0.2, 0) is 11.2 Å². The van der Waals surface area contributed by atoms with Crippen LogP contribution in [0, 0.1) is 0 Å². The average Bonchev–Trinajstić information content (AvgIpc) is 2.18. The van der Waals surface area contributed by atoms with Gasteiger partial charge in [-0.15, -0.1) is 0 Å². The van der Waals surface area contributed by atoms with Gasteiger partial charge >= 0.3 is 0 Å². The number of rotatable bonds is 4. The van der Waals surface area contributed by atoms with Gasteiger partial charge in [-0.25, -0.2) is 0 Å². The lowest BCUT2D eigenvalue weighted by molar-refractivity contribution is -0.120. The number of halogens is 2. The Morgan fingerprint density at radius 2 is 2.00 bits per heavy atom. The summed E-state index contributed by atoms with van der Waals surface area (Å²) in [5.41, 5.74) is 1.04. The van der Waals surface area contributed by atoms with Crippen molar-refractivity contribution in [2.24, 2.45) is 0 Å². The molecule has 0 saturated heterocycles. The van der Waals surface area contributed by atoms with E-state index in [-0.39, 0.29) is 5.91 Å². The fourth-order valence-electron chi connectivity index (χ4n) is 1.04. The van der Waals surface area contributed by atoms with Crippen molar-refractivity contribution >= 4 is 44.4 Å². The number of alkyl halides is 1. The predicted octanol–water partition coefficient (Wildman–Crippen LogP) is 2.54. The Bertz CT molecular complexity index is 299. The lowest BCUT2D eigenvalue weighted by atomic mass is 10.1. The van der Waals surface area contributed by atoms with E-state index in [1.807, 2.05) is 24.3 Å². The summed E-state index contributed by atoms with van der Waals surface area (Å²) in [4.78, 5) is 11.3. The third kappa shape index (κ3) is 4.41. The van der Waals surface area contributed by atoms with E-state index < -0.39 is 0 Å². The quantitative estimate of drug-likeness (QED) is 0.643. The van der Waals surface area contributed by atoms with Gasteiger partial charge in [0.15, 0.2) is 0 Å². The van der Waals surface area contributed by atoms with Crippen LogP contribution >= 0.6 is 38.5 Å². The molecule has 0 aromatic heterocycles. The normalized spacial score (nSPS) is 9.86. The number of amides is 1. The first-order valence-electron chi connectivity index (χ1n) is 4.29. The highest BCUT2D eigenvalue weighted by molar-refractivity contribution is 14.1. The molecule has 1 aromatic carbocycles. The highest BCUT2D eigenvalue weighted by Gasteiger charge is 2.01. The Hall–Kier alpha value is -0.100. The van der Waals surface area contributed by atoms with E-state index in [0.717, 1.165) is 21.0 Å². The van der Waals surface area contributed by atoms with E-state index in [2.05, 4.69) is 43.8 Å². The summed E-state index contributed by atoms with van der Waals surface area (Å²) >= 11 is 5.59. The number of carbonyl (C=O) groups excluding carboxylic acids is 1. The Balaban J connectivity index is 2.44. The van der Waals surface area contributed by atoms with Gasteiger partial charge < -0.3 is 5.32 Å². The molecular formula is C10H11BrINO. The Morgan fingerprint density at radius 1 is 1.36 bits per heavy atom. The molecule has 0 unspecified atom stereocenters. The van der Waals surface area contributed by atoms with Crippen LogP contribution in [0.3, 0.4) is 0 Å². The molecular weight excluding hydrogens is 357 g/mol. The molecule has 0 fully saturated rings. The molecule has 0 aliphatic rings. The van der Waals surface area contributed by atoms with E-state index in [1.165, 1.54) is 0 Å². The molecule has 4 heteroatoms. The Morgan fingerprint density at radius 3 is 2.57 bits per heavy atom. The summed E-state index contributed by atoms with van der Waals surface area (Å²) in [6.45, 7) is 0.746. The second-order valence-electron chi connectivity index (χ2n) is 2.84. The average molecular weight is 368 g/mol. The van der Waals surface area contributed by atoms with E-state index >= 15 is 0 Å². The van der Waals surface area contributed by atoms with Crippen LogP contribution in [0.15, 0.2) is 28.7 Å². The van der Waals surface area contributed by atoms with Crippen molar-refractivity contribution in [3.05, 3.63) is 34.3 Å². The molecule has 0 saturated carbocycles. The lowest BCUT2D eigenvalue weighted by Gasteiger charge is -2.02. The van der Waals surface area contributed by atoms with Crippen molar-refractivity contribution in [1.82, 2.24) is 5.32 Å². The molecule has 0 aliphatic carbocycles. The van der Waals surface area contributed by atoms with Gasteiger partial charge in [-0.2, -0.15) is 0 Å². The van der Waals surface area contributed by atoms with Gasteiger partial charge in [-0.1, -0.05) is 50.7 Å². The second kappa shape index (κ2) is 6.40. The van der Waals surface area contributed by atoms with Gasteiger partial charge in [-0.05, 0) is 17.7 Å². The first-order valence-corrected chi connectivity index (χ1v) is 6.61. The minimum atomic E-state index is 0.0870. The van der Waals surface area contributed by atoms with Crippen LogP contribution in [0.4, 0.5) is 0 Å². The van der Waals surface area contributed by atoms with Gasteiger partial charge in [-0.3, -0.25) is 4.79 Å². The van der Waals surface area contributed by atoms with Crippen LogP contribution in [0.25, 0.3) is 0 Å². The molecule has 2 nitrogen and oxygen atoms in total. The lowest BCUT2D eigenvalue weighted by Crippen LogP contribution is -2.26. The Kier molecular flexibility index (Phi) is 5.47. The maximum atomic E-state index is 11.3. The standard InChI is InChI=1S/C10H11BrINO/c11-9-3-1-8(2-4-9)7-10(14)13-6-5-12/h1-4H,5-7H2,(H,13,14). The summed E-state index contributed by atoms with van der Waals surface area (Å²) in [5, 5.41) is 2.84. The molecule has 0 spiro atoms. The molecule has 0 aliphatic heterocycles. The van der Waals surface area contributed by atoms with Crippen molar-refractivity contribution < 1.29 is 4.79 Å². The third-order valence-corrected chi connectivity index (χ3v) is 2.76. The summed E-state index contributed by atoms with van der Waals surface area (Å²) in [5.74, 6) is 0.0870. The monoisotopic (exact) mass is 367 g/mol. The molecule has 1 amide bonds. The third-order valence-electron chi connectivity index (χ3n) is 1.69. The van der Waals surface area contributed by atoms with Gasteiger partial charge in [0.05, 0.1) is 6.42 Å². The first-order chi connectivity index (χ1) is 6.72. The van der Waals surface area contributed by atoms with Gasteiger partial charge in [0.2, 0.25) is 5.91 Å². The minimum Gasteiger partial charge on any atom is -0.355 e. The predicted molar refractivity (Wildman–Crippen MR) is 69.7 cm³/mol. The topological polar surface area (TPSA) is 29.1 Å². The summed E-state index contributed by atoms with van der Waals surface area (Å²) in [6.07, 6.45) is 0.462. The maximum absolute atomic E-state index is 11.3. The van der Waals surface area contributed by atoms with Crippen LogP contribution in [-0.4, -0.2) is 16.9 Å². The molecule has 1 rings (SSSR count). The maximum Gasteiger partial charge on any atom is 0.224 e. The molecule has 1 N–H and O–H groups in total. The van der Waals surface area contributed by atoms with Crippen LogP contribution in [0.2, 0.25) is 0 Å². The number of benzene rings is 1. The number of hydrogen-bond acceptors (Lipinski definition) is 1. The zero-order chi connectivity index (χ0) is 10.4. The zero-order valence-electron chi connectivity index (χ0n) is 7.59. The molecule has 1 aromatic rings. The molecule has 76 valence electrons. The number of hydrogen-bond donors (Lipinski definition) is 1. The summed E-state index contributed by atoms with van der Waals surface area (Å²) in [7, 11) is 0. The number of carbonyl (C=O) groups is 1. The molecule has 14 heavy (non-hydrogen) atoms. The van der Waals surface area contributed by atoms with Crippen LogP contribution in [0.5, 0.6) is 0 Å². The fraction of sp³-hybridized carbons (Fsp3) is 0.300. The fourth-order valence-corrected chi connectivity index (χ4v) is 1.57. The molecule has 0 atom stereocenters. The summed E-state index contributed by atoms with van der Waals surface area (Å²) in [6, 6.07) is 7.79. The second-order valence-corrected chi connectivity index (χ2v) is 4.84. The van der Waals surface area contributed by atoms with Gasteiger partial charge in [0.25, 0.3) is 0 Å². The zero-order valence-corrected chi connectivity index (χ0v) is 11.3. The van der Waals surface area contributed by atoms with Crippen molar-refractivity contribution in [2.75, 3.05) is 11.0 Å². The van der Waals surface area contributed by atoms with E-state index in [9.17, 15) is 4.79 Å². The summed E-state index contributed by atoms with van der Waals surface area (Å²) < 4.78 is 1.98. The molecule has 0 heterocycles. The van der Waals surface area contributed by atoms with Crippen molar-refractivity contribution in [3.8, 4) is 0 Å². The largest absolute Gasteiger partial charge is 0.355 e. The SMILES string of the molecule is O=C(Cc1ccc(Br)cc1)NCCI. The highest BCUT2D eigenvalue weighted by Crippen LogP contribution is 2.10. The van der Waals surface area contributed by atoms with E-state index in [0.29, 0.717) is 6.42 Å². The van der Waals surface area contributed by atoms with Crippen LogP contribution in [0.1, 0.15) is 5.56 Å². The smallest absolute Gasteiger partial charge is 0.224 e. The molecule has 0 bridgehead atoms. The van der Waals surface area contributed by atoms with Crippen LogP contribution < -0.4 is 5.32 Å². The van der Waals surface area contributed by atoms with Gasteiger partial charge in [0.1, 0.15) is 0 Å². The molecule has 0 radical (unpaired) electrons.